The van der Waals surface area contributed by atoms with Crippen molar-refractivity contribution < 1.29 is 57.0 Å². The van der Waals surface area contributed by atoms with E-state index >= 15 is 0 Å². The van der Waals surface area contributed by atoms with Gasteiger partial charge in [0, 0.05) is 38.3 Å². The molecule has 1 unspecified atom stereocenters. The number of nitrogens with zero attached hydrogens (tertiary/aromatic N) is 1. The van der Waals surface area contributed by atoms with Crippen molar-refractivity contribution in [1.82, 2.24) is 26.2 Å². The second-order valence-corrected chi connectivity index (χ2v) is 18.5. The first kappa shape index (κ1) is 51.4. The molecule has 2 rings (SSSR count). The van der Waals surface area contributed by atoms with Gasteiger partial charge in [-0.25, -0.2) is 17.7 Å². The van der Waals surface area contributed by atoms with E-state index < -0.39 is 30.3 Å². The fourth-order valence-corrected chi connectivity index (χ4v) is 8.47. The van der Waals surface area contributed by atoms with Gasteiger partial charge in [0.25, 0.3) is 6.57 Å². The van der Waals surface area contributed by atoms with Gasteiger partial charge in [0.1, 0.15) is 0 Å². The number of rotatable bonds is 33. The zero-order valence-electron chi connectivity index (χ0n) is 33.8. The summed E-state index contributed by atoms with van der Waals surface area (Å²) in [6.45, 7) is 1.35. The third-order valence-electron chi connectivity index (χ3n) is 9.10. The third kappa shape index (κ3) is 22.0. The summed E-state index contributed by atoms with van der Waals surface area (Å²) in [7, 11) is 0. The van der Waals surface area contributed by atoms with Crippen LogP contribution in [-0.2, 0) is 70.0 Å². The number of carbonyl (C=O) groups excluding carboxylic acids is 4. The summed E-state index contributed by atoms with van der Waals surface area (Å²) in [6, 6.07) is 6.47. The molecular formula is C36H65N8O12PS. The summed E-state index contributed by atoms with van der Waals surface area (Å²) in [4.78, 5) is 68.1. The second-order valence-electron chi connectivity index (χ2n) is 13.3. The van der Waals surface area contributed by atoms with Crippen LogP contribution in [-0.4, -0.2) is 145 Å². The molecule has 20 nitrogen and oxygen atoms in total. The molecule has 1 aliphatic carbocycles. The Morgan fingerprint density at radius 3 is 1.67 bits per heavy atom. The molecule has 10 N–H and O–H groups in total. The van der Waals surface area contributed by atoms with Crippen molar-refractivity contribution in [1.29, 1.82) is 0 Å². The lowest BCUT2D eigenvalue weighted by atomic mass is 9.87. The molecule has 0 aliphatic heterocycles. The van der Waals surface area contributed by atoms with Gasteiger partial charge in [-0.15, -0.1) is 0 Å². The molecule has 0 bridgehead atoms. The topological polar surface area (TPSA) is 279 Å². The van der Waals surface area contributed by atoms with E-state index in [0.29, 0.717) is 38.4 Å². The normalized spacial score (nSPS) is 17.0. The molecule has 2 atom stereocenters. The van der Waals surface area contributed by atoms with Gasteiger partial charge in [-0.05, 0) is 49.5 Å². The minimum Gasteiger partial charge on any atom is -0.377 e. The van der Waals surface area contributed by atoms with Crippen molar-refractivity contribution in [3.05, 3.63) is 35.4 Å². The van der Waals surface area contributed by atoms with Crippen LogP contribution in [0.15, 0.2) is 24.3 Å². The molecule has 0 radical (unpaired) electrons. The Morgan fingerprint density at radius 2 is 1.21 bits per heavy atom. The van der Waals surface area contributed by atoms with E-state index in [2.05, 4.69) is 35.8 Å². The lowest BCUT2D eigenvalue weighted by Gasteiger charge is -2.30. The highest BCUT2D eigenvalue weighted by atomic mass is 32.7. The molecule has 58 heavy (non-hydrogen) atoms. The molecule has 1 aromatic carbocycles. The van der Waals surface area contributed by atoms with Gasteiger partial charge in [-0.3, -0.25) is 28.6 Å². The van der Waals surface area contributed by atoms with Crippen LogP contribution in [0.25, 0.3) is 0 Å². The van der Waals surface area contributed by atoms with Crippen LogP contribution in [0.3, 0.4) is 0 Å². The first-order valence-corrected chi connectivity index (χ1v) is 23.1. The van der Waals surface area contributed by atoms with E-state index in [-0.39, 0.29) is 117 Å². The quantitative estimate of drug-likeness (QED) is 0.0272. The van der Waals surface area contributed by atoms with Crippen LogP contribution >= 0.6 is 18.0 Å². The molecule has 332 valence electrons. The van der Waals surface area contributed by atoms with Gasteiger partial charge in [-0.2, -0.15) is 0 Å². The Kier molecular flexibility index (Phi) is 27.6. The predicted molar refractivity (Wildman–Crippen MR) is 218 cm³/mol. The summed E-state index contributed by atoms with van der Waals surface area (Å²) in [5.74, 6) is 13.6. The van der Waals surface area contributed by atoms with Crippen LogP contribution in [0.4, 0.5) is 0 Å². The first-order valence-electron chi connectivity index (χ1n) is 19.5. The SMILES string of the molecule is CCP(=O)(OC1CCC(C(=O)NCc2ccc(C[C@H](C(=O)NCCOCCON)N(CC(=O)NCCOCCON)CC(=O)NCCOCCON)cc2)CC1)SC. The van der Waals surface area contributed by atoms with Crippen molar-refractivity contribution in [3.8, 4) is 0 Å². The average molecular weight is 865 g/mol. The van der Waals surface area contributed by atoms with Gasteiger partial charge < -0.3 is 54.5 Å². The number of carbonyl (C=O) groups is 4. The maximum atomic E-state index is 13.8. The van der Waals surface area contributed by atoms with Crippen LogP contribution < -0.4 is 39.0 Å². The molecule has 0 spiro atoms. The summed E-state index contributed by atoms with van der Waals surface area (Å²) in [5.41, 5.74) is 1.62. The zero-order valence-corrected chi connectivity index (χ0v) is 35.5. The Bertz CT molecular complexity index is 1330. The second kappa shape index (κ2) is 31.2. The van der Waals surface area contributed by atoms with E-state index in [1.165, 1.54) is 16.3 Å². The van der Waals surface area contributed by atoms with Gasteiger partial charge in [0.15, 0.2) is 0 Å². The van der Waals surface area contributed by atoms with Crippen molar-refractivity contribution in [2.75, 3.05) is 105 Å². The highest BCUT2D eigenvalue weighted by Crippen LogP contribution is 2.59. The number of hydrogen-bond acceptors (Lipinski definition) is 17. The van der Waals surface area contributed by atoms with E-state index in [4.69, 9.17) is 36.4 Å². The summed E-state index contributed by atoms with van der Waals surface area (Å²) in [6.07, 6.45) is 5.01. The number of benzene rings is 1. The van der Waals surface area contributed by atoms with Crippen LogP contribution in [0.2, 0.25) is 0 Å². The Morgan fingerprint density at radius 1 is 0.724 bits per heavy atom. The lowest BCUT2D eigenvalue weighted by molar-refractivity contribution is -0.132. The van der Waals surface area contributed by atoms with Gasteiger partial charge in [0.2, 0.25) is 23.6 Å². The molecule has 1 aliphatic rings. The van der Waals surface area contributed by atoms with E-state index in [1.54, 1.807) is 6.26 Å². The largest absolute Gasteiger partial charge is 0.377 e. The lowest BCUT2D eigenvalue weighted by Crippen LogP contribution is -2.54. The highest BCUT2D eigenvalue weighted by Gasteiger charge is 2.32. The maximum absolute atomic E-state index is 13.8. The average Bonchev–Trinajstić information content (AvgIpc) is 3.23. The van der Waals surface area contributed by atoms with E-state index in [9.17, 15) is 23.7 Å². The van der Waals surface area contributed by atoms with Crippen molar-refractivity contribution in [2.45, 2.75) is 57.7 Å². The smallest absolute Gasteiger partial charge is 0.257 e. The minimum absolute atomic E-state index is 0.0400. The standard InChI is InChI=1S/C36H65N8O12PS/c1-3-57(49,58-2)56-31-10-8-30(9-11-31)35(47)43-25-29-6-4-28(5-7-29)24-32(36(48)42-14-17-52-20-23-55-39)44(26-33(45)40-12-15-50-18-21-53-37)27-34(46)41-13-16-51-19-22-54-38/h4-7,30-32H,3,8-27,37-39H2,1-2H3,(H,40,45)(H,41,46)(H,42,48)(H,43,47)/t30?,31?,32-,57?/m1/s1. The number of ether oxygens (including phenoxy) is 3. The Balaban J connectivity index is 2.13. The predicted octanol–water partition coefficient (Wildman–Crippen LogP) is -0.263. The molecule has 0 aromatic heterocycles. The monoisotopic (exact) mass is 864 g/mol. The van der Waals surface area contributed by atoms with Crippen LogP contribution in [0.5, 0.6) is 0 Å². The van der Waals surface area contributed by atoms with Crippen LogP contribution in [0.1, 0.15) is 43.7 Å². The Hall–Kier alpha value is -2.76. The fraction of sp³-hybridized carbons (Fsp3) is 0.722. The summed E-state index contributed by atoms with van der Waals surface area (Å²) in [5, 5.41) is 11.4. The molecule has 4 amide bonds. The minimum atomic E-state index is -2.69. The highest BCUT2D eigenvalue weighted by molar-refractivity contribution is 8.56. The van der Waals surface area contributed by atoms with Crippen molar-refractivity contribution in [2.24, 2.45) is 23.6 Å². The molecule has 1 saturated carbocycles. The van der Waals surface area contributed by atoms with E-state index in [0.717, 1.165) is 11.1 Å². The molecule has 22 heteroatoms. The van der Waals surface area contributed by atoms with E-state index in [1.807, 2.05) is 31.2 Å². The van der Waals surface area contributed by atoms with Gasteiger partial charge in [0.05, 0.1) is 84.7 Å². The molecule has 1 aromatic rings. The molecule has 0 saturated heterocycles. The number of nitrogens with one attached hydrogen (secondary N) is 4. The maximum Gasteiger partial charge on any atom is 0.257 e. The zero-order chi connectivity index (χ0) is 42.4. The van der Waals surface area contributed by atoms with Crippen molar-refractivity contribution in [3.63, 3.8) is 0 Å². The number of amides is 4. The number of hydrogen-bond donors (Lipinski definition) is 7. The summed E-state index contributed by atoms with van der Waals surface area (Å²) < 4.78 is 34.8. The van der Waals surface area contributed by atoms with Crippen molar-refractivity contribution >= 4 is 41.6 Å². The number of nitrogens with two attached hydrogens (primary N) is 3. The van der Waals surface area contributed by atoms with Crippen LogP contribution in [0, 0.1) is 5.92 Å². The van der Waals surface area contributed by atoms with Gasteiger partial charge in [-0.1, -0.05) is 42.6 Å². The molecular weight excluding hydrogens is 799 g/mol. The third-order valence-corrected chi connectivity index (χ3v) is 13.7. The fourth-order valence-electron chi connectivity index (χ4n) is 5.92. The molecule has 1 fully saturated rings. The molecule has 0 heterocycles. The Labute approximate surface area is 345 Å². The first-order chi connectivity index (χ1) is 28.1. The summed E-state index contributed by atoms with van der Waals surface area (Å²) >= 11 is 1.27. The van der Waals surface area contributed by atoms with Gasteiger partial charge >= 0.3 is 0 Å².